The number of carbonyl (C=O) groups is 1. The maximum Gasteiger partial charge on any atom is 0.243 e. The molecule has 4 heteroatoms. The van der Waals surface area contributed by atoms with Crippen molar-refractivity contribution in [2.75, 3.05) is 26.4 Å². The molecule has 0 aromatic carbocycles. The van der Waals surface area contributed by atoms with E-state index in [9.17, 15) is 4.79 Å². The van der Waals surface area contributed by atoms with Crippen molar-refractivity contribution in [1.29, 1.82) is 0 Å². The van der Waals surface area contributed by atoms with Gasteiger partial charge in [0, 0.05) is 13.2 Å². The van der Waals surface area contributed by atoms with E-state index in [0.717, 1.165) is 26.1 Å². The Kier molecular flexibility index (Phi) is 4.04. The highest BCUT2D eigenvalue weighted by Crippen LogP contribution is 2.14. The molecule has 70 valence electrons. The van der Waals surface area contributed by atoms with Crippen molar-refractivity contribution in [2.45, 2.75) is 12.8 Å². The van der Waals surface area contributed by atoms with Crippen LogP contribution in [0.5, 0.6) is 0 Å². The molecule has 0 aromatic heterocycles. The number of rotatable bonds is 4. The van der Waals surface area contributed by atoms with E-state index in [1.165, 1.54) is 0 Å². The Balaban J connectivity index is 2.01. The third-order valence-corrected chi connectivity index (χ3v) is 1.94. The van der Waals surface area contributed by atoms with E-state index in [0.29, 0.717) is 12.5 Å². The molecule has 1 aliphatic rings. The fourth-order valence-electron chi connectivity index (χ4n) is 1.24. The lowest BCUT2D eigenvalue weighted by Gasteiger charge is -2.21. The Morgan fingerprint density at radius 1 is 1.50 bits per heavy atom. The van der Waals surface area contributed by atoms with Gasteiger partial charge >= 0.3 is 0 Å². The number of ether oxygens (including phenoxy) is 2. The fraction of sp³-hybridized carbons (Fsp3) is 0.875. The Labute approximate surface area is 72.0 Å². The maximum absolute atomic E-state index is 10.3. The molecule has 0 atom stereocenters. The summed E-state index contributed by atoms with van der Waals surface area (Å²) in [6.45, 7) is 2.29. The lowest BCUT2D eigenvalue weighted by molar-refractivity contribution is -0.123. The van der Waals surface area contributed by atoms with Crippen molar-refractivity contribution in [1.82, 2.24) is 0 Å². The molecule has 1 fully saturated rings. The average molecular weight is 173 g/mol. The molecule has 0 spiro atoms. The molecule has 0 bridgehead atoms. The van der Waals surface area contributed by atoms with Crippen molar-refractivity contribution < 1.29 is 14.3 Å². The van der Waals surface area contributed by atoms with Crippen LogP contribution in [-0.4, -0.2) is 32.3 Å². The largest absolute Gasteiger partial charge is 0.381 e. The number of primary amides is 1. The van der Waals surface area contributed by atoms with Crippen LogP contribution in [0.2, 0.25) is 0 Å². The van der Waals surface area contributed by atoms with Crippen LogP contribution in [0.25, 0.3) is 0 Å². The van der Waals surface area contributed by atoms with E-state index in [1.807, 2.05) is 0 Å². The first-order valence-electron chi connectivity index (χ1n) is 4.23. The Morgan fingerprint density at radius 2 is 2.17 bits per heavy atom. The molecule has 1 heterocycles. The lowest BCUT2D eigenvalue weighted by atomic mass is 10.0. The molecule has 0 aromatic rings. The van der Waals surface area contributed by atoms with Gasteiger partial charge in [-0.05, 0) is 18.8 Å². The topological polar surface area (TPSA) is 61.6 Å². The normalized spacial score (nSPS) is 19.3. The number of amides is 1. The second kappa shape index (κ2) is 5.11. The quantitative estimate of drug-likeness (QED) is 0.646. The van der Waals surface area contributed by atoms with Crippen LogP contribution in [-0.2, 0) is 14.3 Å². The molecule has 0 radical (unpaired) electrons. The van der Waals surface area contributed by atoms with Crippen LogP contribution in [0.3, 0.4) is 0 Å². The second-order valence-electron chi connectivity index (χ2n) is 3.04. The fourth-order valence-corrected chi connectivity index (χ4v) is 1.24. The summed E-state index contributed by atoms with van der Waals surface area (Å²) in [5.74, 6) is 0.139. The first-order valence-corrected chi connectivity index (χ1v) is 4.23. The lowest BCUT2D eigenvalue weighted by Crippen LogP contribution is -2.24. The summed E-state index contributed by atoms with van der Waals surface area (Å²) in [5, 5.41) is 0. The SMILES string of the molecule is NC(=O)COCC1CCOCC1. The molecular formula is C8H15NO3. The molecule has 0 saturated carbocycles. The van der Waals surface area contributed by atoms with Crippen LogP contribution in [0.15, 0.2) is 0 Å². The molecule has 1 rings (SSSR count). The molecule has 1 saturated heterocycles. The summed E-state index contributed by atoms with van der Waals surface area (Å²) < 4.78 is 10.3. The van der Waals surface area contributed by atoms with Crippen LogP contribution >= 0.6 is 0 Å². The molecule has 2 N–H and O–H groups in total. The summed E-state index contributed by atoms with van der Waals surface area (Å²) in [6, 6.07) is 0. The number of hydrogen-bond acceptors (Lipinski definition) is 3. The zero-order valence-corrected chi connectivity index (χ0v) is 7.12. The van der Waals surface area contributed by atoms with Crippen LogP contribution in [0.1, 0.15) is 12.8 Å². The molecule has 0 unspecified atom stereocenters. The van der Waals surface area contributed by atoms with Crippen molar-refractivity contribution in [3.63, 3.8) is 0 Å². The summed E-state index contributed by atoms with van der Waals surface area (Å²) in [5.41, 5.74) is 4.92. The summed E-state index contributed by atoms with van der Waals surface area (Å²) >= 11 is 0. The van der Waals surface area contributed by atoms with E-state index in [1.54, 1.807) is 0 Å². The summed E-state index contributed by atoms with van der Waals surface area (Å²) in [6.07, 6.45) is 2.05. The van der Waals surface area contributed by atoms with Gasteiger partial charge in [0.05, 0.1) is 6.61 Å². The van der Waals surface area contributed by atoms with Crippen LogP contribution in [0, 0.1) is 5.92 Å². The first-order chi connectivity index (χ1) is 5.79. The van der Waals surface area contributed by atoms with Crippen LogP contribution < -0.4 is 5.73 Å². The van der Waals surface area contributed by atoms with E-state index in [-0.39, 0.29) is 6.61 Å². The van der Waals surface area contributed by atoms with E-state index in [2.05, 4.69) is 0 Å². The molecule has 12 heavy (non-hydrogen) atoms. The van der Waals surface area contributed by atoms with Crippen molar-refractivity contribution in [3.8, 4) is 0 Å². The Hall–Kier alpha value is -0.610. The molecule has 4 nitrogen and oxygen atoms in total. The average Bonchev–Trinajstić information content (AvgIpc) is 2.05. The monoisotopic (exact) mass is 173 g/mol. The Morgan fingerprint density at radius 3 is 2.75 bits per heavy atom. The van der Waals surface area contributed by atoms with Gasteiger partial charge < -0.3 is 15.2 Å². The molecule has 1 aliphatic heterocycles. The first kappa shape index (κ1) is 9.48. The third kappa shape index (κ3) is 3.69. The van der Waals surface area contributed by atoms with Gasteiger partial charge in [0.2, 0.25) is 5.91 Å². The zero-order valence-electron chi connectivity index (χ0n) is 7.12. The van der Waals surface area contributed by atoms with E-state index < -0.39 is 5.91 Å². The van der Waals surface area contributed by atoms with E-state index >= 15 is 0 Å². The summed E-state index contributed by atoms with van der Waals surface area (Å²) in [7, 11) is 0. The predicted molar refractivity (Wildman–Crippen MR) is 43.6 cm³/mol. The smallest absolute Gasteiger partial charge is 0.243 e. The molecule has 1 amide bonds. The van der Waals surface area contributed by atoms with Gasteiger partial charge in [-0.25, -0.2) is 0 Å². The minimum Gasteiger partial charge on any atom is -0.381 e. The zero-order chi connectivity index (χ0) is 8.81. The van der Waals surface area contributed by atoms with Crippen molar-refractivity contribution in [2.24, 2.45) is 11.7 Å². The van der Waals surface area contributed by atoms with Gasteiger partial charge in [-0.3, -0.25) is 4.79 Å². The van der Waals surface area contributed by atoms with Gasteiger partial charge in [-0.2, -0.15) is 0 Å². The Bertz CT molecular complexity index is 143. The van der Waals surface area contributed by atoms with Gasteiger partial charge in [0.1, 0.15) is 6.61 Å². The maximum atomic E-state index is 10.3. The minimum absolute atomic E-state index is 0.0390. The van der Waals surface area contributed by atoms with Gasteiger partial charge in [-0.15, -0.1) is 0 Å². The van der Waals surface area contributed by atoms with E-state index in [4.69, 9.17) is 15.2 Å². The van der Waals surface area contributed by atoms with Crippen molar-refractivity contribution in [3.05, 3.63) is 0 Å². The highest BCUT2D eigenvalue weighted by Gasteiger charge is 2.13. The highest BCUT2D eigenvalue weighted by molar-refractivity contribution is 5.74. The number of nitrogens with two attached hydrogens (primary N) is 1. The standard InChI is InChI=1S/C8H15NO3/c9-8(10)6-12-5-7-1-3-11-4-2-7/h7H,1-6H2,(H2,9,10). The highest BCUT2D eigenvalue weighted by atomic mass is 16.5. The third-order valence-electron chi connectivity index (χ3n) is 1.94. The van der Waals surface area contributed by atoms with Gasteiger partial charge in [0.25, 0.3) is 0 Å². The van der Waals surface area contributed by atoms with Crippen LogP contribution in [0.4, 0.5) is 0 Å². The number of hydrogen-bond donors (Lipinski definition) is 1. The van der Waals surface area contributed by atoms with Crippen molar-refractivity contribution >= 4 is 5.91 Å². The number of carbonyl (C=O) groups excluding carboxylic acids is 1. The minimum atomic E-state index is -0.401. The molecule has 0 aliphatic carbocycles. The second-order valence-corrected chi connectivity index (χ2v) is 3.04. The summed E-state index contributed by atoms with van der Waals surface area (Å²) in [4.78, 5) is 10.3. The van der Waals surface area contributed by atoms with Gasteiger partial charge in [-0.1, -0.05) is 0 Å². The van der Waals surface area contributed by atoms with Gasteiger partial charge in [0.15, 0.2) is 0 Å². The molecular weight excluding hydrogens is 158 g/mol. The predicted octanol–water partition coefficient (Wildman–Crippen LogP) is -0.0851.